The van der Waals surface area contributed by atoms with Crippen LogP contribution < -0.4 is 10.9 Å². The minimum Gasteiger partial charge on any atom is -0.300 e. The van der Waals surface area contributed by atoms with E-state index >= 15 is 0 Å². The maximum atomic E-state index is 11.7. The van der Waals surface area contributed by atoms with Crippen LogP contribution >= 0.6 is 24.4 Å². The van der Waals surface area contributed by atoms with E-state index in [0.29, 0.717) is 0 Å². The Hall–Kier alpha value is -2.39. The van der Waals surface area contributed by atoms with E-state index in [4.69, 9.17) is 24.4 Å². The van der Waals surface area contributed by atoms with Crippen LogP contribution in [0.15, 0.2) is 30.3 Å². The predicted octanol–water partition coefficient (Wildman–Crippen LogP) is 2.03. The van der Waals surface area contributed by atoms with E-state index in [9.17, 15) is 9.59 Å². The molecule has 114 valence electrons. The molecule has 1 heterocycles. The number of carbonyl (C=O) groups is 2. The molecule has 0 saturated carbocycles. The monoisotopic (exact) mass is 335 g/mol. The SMILES string of the molecule is CC(=O)n1nc(C(=S)NNc2ccccc2)n(C(C)=O)c1=S. The molecule has 2 N–H and O–H groups in total. The molecule has 0 atom stereocenters. The summed E-state index contributed by atoms with van der Waals surface area (Å²) in [6, 6.07) is 9.26. The highest BCUT2D eigenvalue weighted by Crippen LogP contribution is 2.06. The second kappa shape index (κ2) is 6.58. The molecule has 0 amide bonds. The van der Waals surface area contributed by atoms with Gasteiger partial charge in [0.05, 0.1) is 5.69 Å². The third-order valence-electron chi connectivity index (χ3n) is 2.69. The fraction of sp³-hybridized carbons (Fsp3) is 0.154. The number of thiocarbonyl (C=S) groups is 1. The van der Waals surface area contributed by atoms with E-state index in [0.717, 1.165) is 14.9 Å². The highest BCUT2D eigenvalue weighted by molar-refractivity contribution is 7.80. The largest absolute Gasteiger partial charge is 0.300 e. The number of aromatic nitrogens is 3. The van der Waals surface area contributed by atoms with E-state index < -0.39 is 5.91 Å². The number of rotatable bonds is 3. The summed E-state index contributed by atoms with van der Waals surface area (Å²) in [6.45, 7) is 2.62. The molecule has 1 aromatic heterocycles. The quantitative estimate of drug-likeness (QED) is 0.656. The topological polar surface area (TPSA) is 81.0 Å². The van der Waals surface area contributed by atoms with Crippen LogP contribution in [0.5, 0.6) is 0 Å². The van der Waals surface area contributed by atoms with Gasteiger partial charge in [-0.1, -0.05) is 30.4 Å². The van der Waals surface area contributed by atoms with Crippen LogP contribution in [-0.4, -0.2) is 31.2 Å². The minimum atomic E-state index is -0.398. The Labute approximate surface area is 136 Å². The van der Waals surface area contributed by atoms with Crippen molar-refractivity contribution >= 4 is 46.9 Å². The number of nitrogens with one attached hydrogen (secondary N) is 2. The van der Waals surface area contributed by atoms with E-state index in [1.54, 1.807) is 0 Å². The average Bonchev–Trinajstić information content (AvgIpc) is 2.83. The number of para-hydroxylation sites is 1. The summed E-state index contributed by atoms with van der Waals surface area (Å²) in [5.74, 6) is -0.674. The summed E-state index contributed by atoms with van der Waals surface area (Å²) in [5.41, 5.74) is 6.43. The van der Waals surface area contributed by atoms with Crippen molar-refractivity contribution in [1.82, 2.24) is 19.8 Å². The zero-order valence-corrected chi connectivity index (χ0v) is 13.5. The summed E-state index contributed by atoms with van der Waals surface area (Å²) < 4.78 is 2.06. The van der Waals surface area contributed by atoms with Gasteiger partial charge in [0.15, 0.2) is 10.8 Å². The van der Waals surface area contributed by atoms with Gasteiger partial charge in [0.1, 0.15) is 0 Å². The molecule has 1 aromatic carbocycles. The third kappa shape index (κ3) is 3.26. The number of carbonyl (C=O) groups excluding carboxylic acids is 2. The molecule has 0 aliphatic rings. The number of hydrazine groups is 1. The predicted molar refractivity (Wildman–Crippen MR) is 88.6 cm³/mol. The molecule has 0 aliphatic carbocycles. The fourth-order valence-electron chi connectivity index (χ4n) is 1.71. The second-order valence-electron chi connectivity index (χ2n) is 4.34. The van der Waals surface area contributed by atoms with Crippen molar-refractivity contribution in [3.05, 3.63) is 40.9 Å². The smallest absolute Gasteiger partial charge is 0.246 e. The lowest BCUT2D eigenvalue weighted by atomic mass is 10.3. The van der Waals surface area contributed by atoms with Gasteiger partial charge in [0.2, 0.25) is 16.6 Å². The first kappa shape index (κ1) is 16.0. The lowest BCUT2D eigenvalue weighted by molar-refractivity contribution is 0.0916. The zero-order chi connectivity index (χ0) is 16.3. The Kier molecular flexibility index (Phi) is 4.78. The molecule has 7 nitrogen and oxygen atoms in total. The summed E-state index contributed by atoms with van der Waals surface area (Å²) in [7, 11) is 0. The van der Waals surface area contributed by atoms with Crippen molar-refractivity contribution in [3.8, 4) is 0 Å². The van der Waals surface area contributed by atoms with Crippen LogP contribution in [0.2, 0.25) is 0 Å². The fourth-order valence-corrected chi connectivity index (χ4v) is 2.28. The van der Waals surface area contributed by atoms with Crippen LogP contribution in [-0.2, 0) is 0 Å². The van der Waals surface area contributed by atoms with Gasteiger partial charge in [0.25, 0.3) is 0 Å². The van der Waals surface area contributed by atoms with Gasteiger partial charge in [-0.3, -0.25) is 15.0 Å². The molecule has 0 aliphatic heterocycles. The molecule has 2 rings (SSSR count). The molecular formula is C13H13N5O2S2. The number of benzene rings is 1. The van der Waals surface area contributed by atoms with Gasteiger partial charge >= 0.3 is 0 Å². The first-order chi connectivity index (χ1) is 10.4. The molecule has 0 radical (unpaired) electrons. The molecule has 9 heteroatoms. The molecule has 0 saturated heterocycles. The maximum Gasteiger partial charge on any atom is 0.246 e. The molecule has 0 bridgehead atoms. The minimum absolute atomic E-state index is 0.0149. The van der Waals surface area contributed by atoms with Gasteiger partial charge in [0, 0.05) is 13.8 Å². The average molecular weight is 335 g/mol. The van der Waals surface area contributed by atoms with Crippen molar-refractivity contribution in [1.29, 1.82) is 0 Å². The summed E-state index contributed by atoms with van der Waals surface area (Å²) in [5, 5.41) is 4.00. The van der Waals surface area contributed by atoms with Crippen molar-refractivity contribution in [2.45, 2.75) is 13.8 Å². The van der Waals surface area contributed by atoms with Gasteiger partial charge < -0.3 is 5.43 Å². The van der Waals surface area contributed by atoms with Crippen LogP contribution in [0.3, 0.4) is 0 Å². The number of hydrogen-bond acceptors (Lipinski definition) is 6. The van der Waals surface area contributed by atoms with Crippen molar-refractivity contribution in [3.63, 3.8) is 0 Å². The highest BCUT2D eigenvalue weighted by Gasteiger charge is 2.19. The molecule has 0 fully saturated rings. The first-order valence-electron chi connectivity index (χ1n) is 6.27. The van der Waals surface area contributed by atoms with E-state index in [2.05, 4.69) is 16.0 Å². The molecule has 0 unspecified atom stereocenters. The molecule has 0 spiro atoms. The summed E-state index contributed by atoms with van der Waals surface area (Å²) in [6.07, 6.45) is 0. The van der Waals surface area contributed by atoms with Crippen molar-refractivity contribution < 1.29 is 9.59 Å². The Bertz CT molecular complexity index is 795. The molecular weight excluding hydrogens is 322 g/mol. The van der Waals surface area contributed by atoms with Crippen LogP contribution in [0.1, 0.15) is 29.3 Å². The van der Waals surface area contributed by atoms with Gasteiger partial charge in [-0.05, 0) is 24.4 Å². The highest BCUT2D eigenvalue weighted by atomic mass is 32.1. The van der Waals surface area contributed by atoms with Crippen molar-refractivity contribution in [2.24, 2.45) is 0 Å². The normalized spacial score (nSPS) is 10.1. The third-order valence-corrected chi connectivity index (χ3v) is 3.33. The van der Waals surface area contributed by atoms with Crippen LogP contribution in [0.4, 0.5) is 5.69 Å². The van der Waals surface area contributed by atoms with Crippen LogP contribution in [0, 0.1) is 4.77 Å². The zero-order valence-electron chi connectivity index (χ0n) is 11.9. The van der Waals surface area contributed by atoms with Gasteiger partial charge in [-0.15, -0.1) is 5.10 Å². The maximum absolute atomic E-state index is 11.7. The lowest BCUT2D eigenvalue weighted by Crippen LogP contribution is -2.31. The van der Waals surface area contributed by atoms with E-state index in [1.165, 1.54) is 13.8 Å². The summed E-state index contributed by atoms with van der Waals surface area (Å²) in [4.78, 5) is 23.4. The number of hydrogen-bond donors (Lipinski definition) is 2. The Morgan fingerprint density at radius 1 is 1.14 bits per heavy atom. The van der Waals surface area contributed by atoms with Gasteiger partial charge in [-0.25, -0.2) is 4.57 Å². The van der Waals surface area contributed by atoms with Crippen LogP contribution in [0.25, 0.3) is 0 Å². The van der Waals surface area contributed by atoms with Crippen molar-refractivity contribution in [2.75, 3.05) is 5.43 Å². The second-order valence-corrected chi connectivity index (χ2v) is 5.11. The Morgan fingerprint density at radius 2 is 1.77 bits per heavy atom. The first-order valence-corrected chi connectivity index (χ1v) is 7.09. The molecule has 22 heavy (non-hydrogen) atoms. The van der Waals surface area contributed by atoms with Gasteiger partial charge in [-0.2, -0.15) is 4.68 Å². The Balaban J connectivity index is 2.29. The van der Waals surface area contributed by atoms with E-state index in [-0.39, 0.29) is 21.5 Å². The number of nitrogens with zero attached hydrogens (tertiary/aromatic N) is 3. The molecule has 2 aromatic rings. The Morgan fingerprint density at radius 3 is 2.32 bits per heavy atom. The number of anilines is 1. The lowest BCUT2D eigenvalue weighted by Gasteiger charge is -2.10. The van der Waals surface area contributed by atoms with E-state index in [1.807, 2.05) is 30.3 Å². The summed E-state index contributed by atoms with van der Waals surface area (Å²) >= 11 is 10.3. The standard InChI is InChI=1S/C13H13N5O2S2/c1-8(19)17-11(16-18(9(2)20)13(17)22)12(21)15-14-10-6-4-3-5-7-10/h3-7,14H,1-2H3,(H,15,21).